The fourth-order valence-electron chi connectivity index (χ4n) is 6.76. The van der Waals surface area contributed by atoms with Gasteiger partial charge in [-0.05, 0) is 24.6 Å². The summed E-state index contributed by atoms with van der Waals surface area (Å²) < 4.78 is 40.9. The molecule has 3 atom stereocenters. The average molecular weight is 587 g/mol. The first-order valence-corrected chi connectivity index (χ1v) is 13.6. The third-order valence-electron chi connectivity index (χ3n) is 8.54. The molecule has 220 valence electrons. The van der Waals surface area contributed by atoms with Gasteiger partial charge in [0, 0.05) is 28.7 Å². The van der Waals surface area contributed by atoms with E-state index in [9.17, 15) is 19.2 Å². The summed E-state index contributed by atoms with van der Waals surface area (Å²) in [7, 11) is 5.52. The SMILES string of the molecule is COC(=O)C[C@H]1CC[C@]2(O1)O[C@@]1(OC(=O)c3c(OC)cc4c(c31)C(=O)c1c(OC)cccc1C4=O)c1c(OC)cccc12. The van der Waals surface area contributed by atoms with Crippen LogP contribution in [0.1, 0.15) is 78.2 Å². The van der Waals surface area contributed by atoms with E-state index in [1.807, 2.05) is 0 Å². The molecule has 0 amide bonds. The van der Waals surface area contributed by atoms with E-state index in [-0.39, 0.29) is 51.3 Å². The topological polar surface area (TPSA) is 133 Å². The van der Waals surface area contributed by atoms with E-state index >= 15 is 0 Å². The smallest absolute Gasteiger partial charge is 0.345 e. The fourth-order valence-corrected chi connectivity index (χ4v) is 6.76. The lowest BCUT2D eigenvalue weighted by atomic mass is 9.77. The number of hydrogen-bond acceptors (Lipinski definition) is 11. The van der Waals surface area contributed by atoms with Crippen LogP contribution in [0.25, 0.3) is 0 Å². The maximum Gasteiger partial charge on any atom is 0.345 e. The highest BCUT2D eigenvalue weighted by Gasteiger charge is 2.67. The molecule has 7 rings (SSSR count). The number of carbonyl (C=O) groups excluding carboxylic acids is 4. The van der Waals surface area contributed by atoms with Crippen LogP contribution >= 0.6 is 0 Å². The maximum atomic E-state index is 14.4. The van der Waals surface area contributed by atoms with E-state index in [1.54, 1.807) is 36.4 Å². The molecule has 0 bridgehead atoms. The number of fused-ring (bicyclic) bond motifs is 8. The fraction of sp³-hybridized carbons (Fsp3) is 0.312. The van der Waals surface area contributed by atoms with Crippen LogP contribution in [0.2, 0.25) is 0 Å². The summed E-state index contributed by atoms with van der Waals surface area (Å²) in [5.41, 5.74) is 0.951. The molecule has 43 heavy (non-hydrogen) atoms. The van der Waals surface area contributed by atoms with Crippen molar-refractivity contribution < 1.29 is 52.3 Å². The summed E-state index contributed by atoms with van der Waals surface area (Å²) in [4.78, 5) is 54.2. The first-order valence-electron chi connectivity index (χ1n) is 13.6. The van der Waals surface area contributed by atoms with Crippen molar-refractivity contribution in [2.24, 2.45) is 0 Å². The number of rotatable bonds is 5. The quantitative estimate of drug-likeness (QED) is 0.316. The zero-order valence-electron chi connectivity index (χ0n) is 23.7. The molecule has 11 heteroatoms. The number of ketones is 2. The second-order valence-corrected chi connectivity index (χ2v) is 10.6. The van der Waals surface area contributed by atoms with Gasteiger partial charge < -0.3 is 28.4 Å². The summed E-state index contributed by atoms with van der Waals surface area (Å²) in [5, 5.41) is 0. The van der Waals surface area contributed by atoms with Gasteiger partial charge in [0.2, 0.25) is 5.79 Å². The lowest BCUT2D eigenvalue weighted by molar-refractivity contribution is -0.314. The van der Waals surface area contributed by atoms with Crippen molar-refractivity contribution >= 4 is 23.5 Å². The highest BCUT2D eigenvalue weighted by atomic mass is 16.8. The minimum atomic E-state index is -2.05. The predicted molar refractivity (Wildman–Crippen MR) is 146 cm³/mol. The van der Waals surface area contributed by atoms with Crippen molar-refractivity contribution in [2.75, 3.05) is 28.4 Å². The van der Waals surface area contributed by atoms with Crippen LogP contribution in [0.3, 0.4) is 0 Å². The monoisotopic (exact) mass is 586 g/mol. The van der Waals surface area contributed by atoms with Crippen molar-refractivity contribution in [3.05, 3.63) is 87.0 Å². The molecule has 0 saturated carbocycles. The van der Waals surface area contributed by atoms with E-state index in [0.29, 0.717) is 29.7 Å². The summed E-state index contributed by atoms with van der Waals surface area (Å²) in [5.74, 6) is -5.25. The first-order chi connectivity index (χ1) is 20.7. The standard InChI is InChI=1S/C32H26O11/c1-37-19-9-5-7-16-23(19)29(35)24-17(28(16)34)14-21(39-3)25-27(24)32(42-30(25)36)26-18(8-6-10-20(26)38-2)31(43-32)12-11-15(41-31)13-22(33)40-4/h5-10,14-15H,11-13H2,1-4H3/t15-,31+,32+/m1/s1. The Hall–Kier alpha value is -4.74. The van der Waals surface area contributed by atoms with E-state index in [2.05, 4.69) is 0 Å². The summed E-state index contributed by atoms with van der Waals surface area (Å²) in [6, 6.07) is 11.3. The Bertz CT molecular complexity index is 1780. The van der Waals surface area contributed by atoms with E-state index in [1.165, 1.54) is 34.5 Å². The number of carbonyl (C=O) groups is 4. The van der Waals surface area contributed by atoms with Gasteiger partial charge in [0.25, 0.3) is 5.79 Å². The van der Waals surface area contributed by atoms with Gasteiger partial charge in [-0.3, -0.25) is 19.1 Å². The molecule has 1 fully saturated rings. The van der Waals surface area contributed by atoms with Gasteiger partial charge in [0.1, 0.15) is 22.8 Å². The number of ether oxygens (including phenoxy) is 7. The molecule has 3 aliphatic heterocycles. The Labute approximate surface area is 245 Å². The van der Waals surface area contributed by atoms with Crippen molar-refractivity contribution in [3.8, 4) is 17.2 Å². The van der Waals surface area contributed by atoms with E-state index in [0.717, 1.165) is 0 Å². The van der Waals surface area contributed by atoms with Crippen molar-refractivity contribution in [2.45, 2.75) is 36.9 Å². The van der Waals surface area contributed by atoms with Crippen LogP contribution in [0, 0.1) is 0 Å². The van der Waals surface area contributed by atoms with Crippen LogP contribution in [0.4, 0.5) is 0 Å². The molecule has 0 unspecified atom stereocenters. The van der Waals surface area contributed by atoms with E-state index in [4.69, 9.17) is 33.2 Å². The molecule has 3 aromatic rings. The number of methoxy groups -OCH3 is 4. The van der Waals surface area contributed by atoms with Crippen LogP contribution in [0.15, 0.2) is 42.5 Å². The molecular formula is C32H26O11. The molecule has 0 aromatic heterocycles. The second kappa shape index (κ2) is 9.38. The third kappa shape index (κ3) is 3.49. The van der Waals surface area contributed by atoms with Gasteiger partial charge in [0.15, 0.2) is 11.6 Å². The van der Waals surface area contributed by atoms with Crippen LogP contribution in [0.5, 0.6) is 17.2 Å². The molecular weight excluding hydrogens is 560 g/mol. The second-order valence-electron chi connectivity index (χ2n) is 10.6. The molecule has 3 heterocycles. The number of benzene rings is 3. The molecule has 1 aliphatic carbocycles. The Morgan fingerprint density at radius 1 is 0.837 bits per heavy atom. The van der Waals surface area contributed by atoms with Crippen LogP contribution in [-0.4, -0.2) is 58.0 Å². The minimum absolute atomic E-state index is 0.0168. The molecule has 3 aromatic carbocycles. The minimum Gasteiger partial charge on any atom is -0.496 e. The molecule has 0 N–H and O–H groups in total. The molecule has 11 nitrogen and oxygen atoms in total. The summed E-state index contributed by atoms with van der Waals surface area (Å²) in [6.07, 6.45) is 0.147. The Balaban J connectivity index is 1.51. The summed E-state index contributed by atoms with van der Waals surface area (Å²) in [6.45, 7) is 0. The molecule has 1 saturated heterocycles. The number of esters is 2. The normalized spacial score (nSPS) is 24.4. The van der Waals surface area contributed by atoms with Crippen LogP contribution in [-0.2, 0) is 35.3 Å². The third-order valence-corrected chi connectivity index (χ3v) is 8.54. The van der Waals surface area contributed by atoms with Crippen LogP contribution < -0.4 is 14.2 Å². The van der Waals surface area contributed by atoms with Gasteiger partial charge in [-0.25, -0.2) is 4.79 Å². The number of hydrogen-bond donors (Lipinski definition) is 0. The zero-order chi connectivity index (χ0) is 30.3. The largest absolute Gasteiger partial charge is 0.496 e. The Morgan fingerprint density at radius 2 is 1.56 bits per heavy atom. The molecule has 4 aliphatic rings. The Kier molecular flexibility index (Phi) is 5.92. The lowest BCUT2D eigenvalue weighted by Crippen LogP contribution is -2.36. The first kappa shape index (κ1) is 27.1. The van der Waals surface area contributed by atoms with Gasteiger partial charge >= 0.3 is 11.9 Å². The predicted octanol–water partition coefficient (Wildman–Crippen LogP) is 3.78. The van der Waals surface area contributed by atoms with Crippen molar-refractivity contribution in [1.29, 1.82) is 0 Å². The average Bonchev–Trinajstić information content (AvgIpc) is 3.65. The molecule has 0 radical (unpaired) electrons. The molecule has 2 spiro atoms. The van der Waals surface area contributed by atoms with Gasteiger partial charge in [-0.1, -0.05) is 24.3 Å². The van der Waals surface area contributed by atoms with E-state index < -0.39 is 41.2 Å². The van der Waals surface area contributed by atoms with Crippen molar-refractivity contribution in [3.63, 3.8) is 0 Å². The van der Waals surface area contributed by atoms with Gasteiger partial charge in [-0.2, -0.15) is 0 Å². The maximum absolute atomic E-state index is 14.4. The summed E-state index contributed by atoms with van der Waals surface area (Å²) >= 11 is 0. The lowest BCUT2D eigenvalue weighted by Gasteiger charge is -2.32. The Morgan fingerprint density at radius 3 is 2.28 bits per heavy atom. The van der Waals surface area contributed by atoms with Gasteiger partial charge in [0.05, 0.1) is 57.7 Å². The highest BCUT2D eigenvalue weighted by molar-refractivity contribution is 6.31. The van der Waals surface area contributed by atoms with Gasteiger partial charge in [-0.15, -0.1) is 0 Å². The van der Waals surface area contributed by atoms with Crippen molar-refractivity contribution in [1.82, 2.24) is 0 Å². The highest BCUT2D eigenvalue weighted by Crippen LogP contribution is 2.63. The zero-order valence-corrected chi connectivity index (χ0v) is 23.7.